The van der Waals surface area contributed by atoms with Crippen molar-refractivity contribution >= 4 is 5.97 Å². The Labute approximate surface area is 333 Å². The number of esters is 1. The minimum atomic E-state index is -1.77. The summed E-state index contributed by atoms with van der Waals surface area (Å²) in [5.41, 5.74) is -1.87. The van der Waals surface area contributed by atoms with Crippen LogP contribution in [0.25, 0.3) is 0 Å². The molecule has 6 fully saturated rings. The van der Waals surface area contributed by atoms with Crippen LogP contribution in [0.5, 0.6) is 0 Å². The van der Waals surface area contributed by atoms with E-state index in [-0.39, 0.29) is 22.7 Å². The number of carbonyl (C=O) groups is 1. The molecule has 57 heavy (non-hydrogen) atoms. The van der Waals surface area contributed by atoms with Crippen molar-refractivity contribution < 1.29 is 84.3 Å². The molecule has 0 aromatic rings. The molecule has 3 saturated carbocycles. The summed E-state index contributed by atoms with van der Waals surface area (Å²) in [6.45, 7) is 13.2. The Morgan fingerprint density at radius 2 is 1.23 bits per heavy atom. The third-order valence-electron chi connectivity index (χ3n) is 15.0. The molecule has 6 aliphatic rings. The van der Waals surface area contributed by atoms with Crippen LogP contribution in [0, 0.1) is 28.1 Å². The number of aliphatic hydroxyl groups excluding tert-OH is 10. The summed E-state index contributed by atoms with van der Waals surface area (Å²) < 4.78 is 36.0. The number of fused-ring (bicyclic) bond motifs is 3. The number of hydrogen-bond acceptors (Lipinski definition) is 17. The molecule has 3 heterocycles. The second-order valence-electron chi connectivity index (χ2n) is 18.6. The first kappa shape index (κ1) is 45.1. The normalized spacial score (nSPS) is 53.3. The lowest BCUT2D eigenvalue weighted by molar-refractivity contribution is -0.374. The number of ether oxygens (including phenoxy) is 6. The highest BCUT2D eigenvalue weighted by molar-refractivity contribution is 5.77. The quantitative estimate of drug-likeness (QED) is 0.0999. The van der Waals surface area contributed by atoms with Crippen LogP contribution in [0.15, 0.2) is 12.2 Å². The lowest BCUT2D eigenvalue weighted by Crippen LogP contribution is -2.65. The molecule has 6 rings (SSSR count). The Bertz CT molecular complexity index is 1430. The second-order valence-corrected chi connectivity index (χ2v) is 18.6. The standard InChI is InChI=1S/C40H66O17/c1-7-19-24(43)29(48)32(55-33-30(49)27(46)25(44)20(16-41)53-33)35(52-19)57-40(6)14-10-22-37(3,15-18(40)2)13-9-23-38(22,4)11-8-12-39(23,5)36(51)56-34-31(50)28(47)26(45)21(17-42)54-34/h19-35,41-50H,2,7-17H2,1,3-6H3/t19?,20?,21?,22-,23+,24?,25?,26?,27?,28?,29?,30?,31?,32?,33?,34?,35?,37-,38+,39-,40-/m1/s1. The fourth-order valence-corrected chi connectivity index (χ4v) is 11.4. The van der Waals surface area contributed by atoms with E-state index in [4.69, 9.17) is 28.4 Å². The molecule has 0 radical (unpaired) electrons. The molecule has 21 atom stereocenters. The average Bonchev–Trinajstić information content (AvgIpc) is 3.27. The molecule has 15 unspecified atom stereocenters. The van der Waals surface area contributed by atoms with E-state index in [0.717, 1.165) is 24.8 Å². The van der Waals surface area contributed by atoms with E-state index in [1.54, 1.807) is 6.92 Å². The van der Waals surface area contributed by atoms with Gasteiger partial charge in [-0.05, 0) is 93.5 Å². The number of carbonyl (C=O) groups excluding carboxylic acids is 1. The molecule has 10 N–H and O–H groups in total. The minimum Gasteiger partial charge on any atom is -0.432 e. The maximum Gasteiger partial charge on any atom is 0.314 e. The van der Waals surface area contributed by atoms with Crippen molar-refractivity contribution in [1.82, 2.24) is 0 Å². The van der Waals surface area contributed by atoms with Gasteiger partial charge in [0, 0.05) is 0 Å². The van der Waals surface area contributed by atoms with Crippen molar-refractivity contribution in [2.75, 3.05) is 13.2 Å². The Balaban J connectivity index is 1.22. The SMILES string of the molecule is C=C1C[C@@]2(C)CC[C@H]3[C@@](C)(CCC[C@@]3(C)C(=O)OC3OC(CO)C(O)C(O)C3O)[C@@H]2CC[C@@]1(C)OC1OC(CC)C(O)C(O)C1OC1OC(CO)C(O)C(O)C1O. The first-order valence-corrected chi connectivity index (χ1v) is 20.5. The largest absolute Gasteiger partial charge is 0.432 e. The monoisotopic (exact) mass is 818 g/mol. The van der Waals surface area contributed by atoms with Crippen LogP contribution < -0.4 is 0 Å². The Kier molecular flexibility index (Phi) is 13.3. The Morgan fingerprint density at radius 1 is 0.684 bits per heavy atom. The van der Waals surface area contributed by atoms with Gasteiger partial charge in [-0.15, -0.1) is 0 Å². The van der Waals surface area contributed by atoms with Gasteiger partial charge >= 0.3 is 5.97 Å². The van der Waals surface area contributed by atoms with E-state index in [2.05, 4.69) is 20.4 Å². The molecular formula is C40H66O17. The van der Waals surface area contributed by atoms with Gasteiger partial charge in [-0.2, -0.15) is 0 Å². The molecule has 328 valence electrons. The summed E-state index contributed by atoms with van der Waals surface area (Å²) in [5.74, 6) is -0.633. The fraction of sp³-hybridized carbons (Fsp3) is 0.925. The van der Waals surface area contributed by atoms with Crippen LogP contribution in [0.4, 0.5) is 0 Å². The van der Waals surface area contributed by atoms with Gasteiger partial charge in [-0.25, -0.2) is 0 Å². The zero-order chi connectivity index (χ0) is 42.0. The van der Waals surface area contributed by atoms with Crippen LogP contribution in [0.1, 0.15) is 92.4 Å². The zero-order valence-corrected chi connectivity index (χ0v) is 33.6. The molecule has 3 saturated heterocycles. The van der Waals surface area contributed by atoms with Gasteiger partial charge in [0.15, 0.2) is 12.6 Å². The highest BCUT2D eigenvalue weighted by Gasteiger charge is 2.64. The molecule has 3 aliphatic carbocycles. The number of hydrogen-bond donors (Lipinski definition) is 10. The number of rotatable bonds is 9. The van der Waals surface area contributed by atoms with Gasteiger partial charge in [-0.3, -0.25) is 4.79 Å². The molecule has 0 bridgehead atoms. The van der Waals surface area contributed by atoms with Gasteiger partial charge in [0.05, 0.1) is 30.3 Å². The van der Waals surface area contributed by atoms with Crippen LogP contribution in [0.2, 0.25) is 0 Å². The van der Waals surface area contributed by atoms with Crippen LogP contribution in [-0.4, -0.2) is 168 Å². The predicted octanol–water partition coefficient (Wildman–Crippen LogP) is -0.884. The summed E-state index contributed by atoms with van der Waals surface area (Å²) in [5, 5.41) is 104. The molecule has 0 spiro atoms. The molecular weight excluding hydrogens is 752 g/mol. The maximum absolute atomic E-state index is 14.2. The summed E-state index contributed by atoms with van der Waals surface area (Å²) in [6, 6.07) is 0. The van der Waals surface area contributed by atoms with Crippen molar-refractivity contribution in [3.63, 3.8) is 0 Å². The van der Waals surface area contributed by atoms with Crippen LogP contribution in [-0.2, 0) is 33.2 Å². The second kappa shape index (κ2) is 16.8. The van der Waals surface area contributed by atoms with Gasteiger partial charge in [-0.1, -0.05) is 33.8 Å². The van der Waals surface area contributed by atoms with Crippen molar-refractivity contribution in [3.05, 3.63) is 12.2 Å². The highest BCUT2D eigenvalue weighted by Crippen LogP contribution is 2.68. The molecule has 0 amide bonds. The van der Waals surface area contributed by atoms with E-state index in [1.807, 2.05) is 13.8 Å². The number of aliphatic hydroxyl groups is 10. The molecule has 3 aliphatic heterocycles. The lowest BCUT2D eigenvalue weighted by Gasteiger charge is -2.62. The fourth-order valence-electron chi connectivity index (χ4n) is 11.4. The van der Waals surface area contributed by atoms with Crippen LogP contribution in [0.3, 0.4) is 0 Å². The summed E-state index contributed by atoms with van der Waals surface area (Å²) in [6.07, 6.45) is -16.8. The van der Waals surface area contributed by atoms with Gasteiger partial charge in [0.1, 0.15) is 67.1 Å². The first-order chi connectivity index (χ1) is 26.7. The predicted molar refractivity (Wildman–Crippen MR) is 196 cm³/mol. The topological polar surface area (TPSA) is 275 Å². The minimum absolute atomic E-state index is 0.0786. The van der Waals surface area contributed by atoms with E-state index in [1.165, 1.54) is 0 Å². The molecule has 17 heteroatoms. The van der Waals surface area contributed by atoms with Gasteiger partial charge < -0.3 is 79.5 Å². The van der Waals surface area contributed by atoms with E-state index < -0.39 is 122 Å². The molecule has 0 aromatic carbocycles. The summed E-state index contributed by atoms with van der Waals surface area (Å²) in [4.78, 5) is 14.2. The van der Waals surface area contributed by atoms with E-state index in [9.17, 15) is 55.9 Å². The average molecular weight is 819 g/mol. The van der Waals surface area contributed by atoms with Crippen molar-refractivity contribution in [2.24, 2.45) is 28.1 Å². The van der Waals surface area contributed by atoms with Gasteiger partial charge in [0.25, 0.3) is 0 Å². The maximum atomic E-state index is 14.2. The van der Waals surface area contributed by atoms with Gasteiger partial charge in [0.2, 0.25) is 6.29 Å². The van der Waals surface area contributed by atoms with Crippen molar-refractivity contribution in [1.29, 1.82) is 0 Å². The third kappa shape index (κ3) is 7.87. The molecule has 17 nitrogen and oxygen atoms in total. The third-order valence-corrected chi connectivity index (χ3v) is 15.0. The summed E-state index contributed by atoms with van der Waals surface area (Å²) >= 11 is 0. The smallest absolute Gasteiger partial charge is 0.314 e. The Hall–Kier alpha value is -1.39. The highest BCUT2D eigenvalue weighted by atomic mass is 16.8. The zero-order valence-electron chi connectivity index (χ0n) is 33.6. The lowest BCUT2D eigenvalue weighted by atomic mass is 9.42. The van der Waals surface area contributed by atoms with Crippen molar-refractivity contribution in [2.45, 2.75) is 190 Å². The molecule has 0 aromatic heterocycles. The van der Waals surface area contributed by atoms with E-state index in [0.29, 0.717) is 38.5 Å². The van der Waals surface area contributed by atoms with Crippen molar-refractivity contribution in [3.8, 4) is 0 Å². The summed E-state index contributed by atoms with van der Waals surface area (Å²) in [7, 11) is 0. The van der Waals surface area contributed by atoms with E-state index >= 15 is 0 Å². The first-order valence-electron chi connectivity index (χ1n) is 20.5. The van der Waals surface area contributed by atoms with Crippen LogP contribution >= 0.6 is 0 Å². The Morgan fingerprint density at radius 3 is 1.82 bits per heavy atom.